The van der Waals surface area contributed by atoms with E-state index in [0.717, 1.165) is 33.1 Å². The highest BCUT2D eigenvalue weighted by Gasteiger charge is 2.26. The molecule has 2 aromatic heterocycles. The minimum atomic E-state index is -0.162. The van der Waals surface area contributed by atoms with E-state index in [-0.39, 0.29) is 12.1 Å². The number of imidazole rings is 1. The fraction of sp³-hybridized carbons (Fsp3) is 0.292. The summed E-state index contributed by atoms with van der Waals surface area (Å²) < 4.78 is 7.41. The van der Waals surface area contributed by atoms with Gasteiger partial charge in [0.15, 0.2) is 5.84 Å². The standard InChI is InChI=1S/C24H26ClN5O2/c1-14-11-19(25)7-6-18(14)10-15(2)22-17(4)32-29-23(28-22)20-8-9-21(24(27-20)31-5)30-12-16(3)26-13-30/h6-13,17,22H,1-5H3,(H,28,29)/b15-10+. The van der Waals surface area contributed by atoms with Crippen molar-refractivity contribution in [2.45, 2.75) is 39.8 Å². The molecular weight excluding hydrogens is 426 g/mol. The van der Waals surface area contributed by atoms with Crippen LogP contribution < -0.4 is 10.2 Å². The van der Waals surface area contributed by atoms with Gasteiger partial charge in [0.2, 0.25) is 5.88 Å². The molecule has 1 aliphatic rings. The normalized spacial score (nSPS) is 18.8. The van der Waals surface area contributed by atoms with Gasteiger partial charge in [-0.25, -0.2) is 15.4 Å². The Morgan fingerprint density at radius 3 is 2.75 bits per heavy atom. The van der Waals surface area contributed by atoms with Crippen LogP contribution in [0.25, 0.3) is 11.8 Å². The Morgan fingerprint density at radius 2 is 2.06 bits per heavy atom. The lowest BCUT2D eigenvalue weighted by Crippen LogP contribution is -2.42. The number of amidine groups is 1. The van der Waals surface area contributed by atoms with Crippen LogP contribution >= 0.6 is 11.6 Å². The van der Waals surface area contributed by atoms with Crippen molar-refractivity contribution in [2.75, 3.05) is 7.11 Å². The van der Waals surface area contributed by atoms with Crippen molar-refractivity contribution in [3.8, 4) is 11.6 Å². The molecule has 1 aliphatic heterocycles. The average molecular weight is 452 g/mol. The van der Waals surface area contributed by atoms with Gasteiger partial charge in [-0.2, -0.15) is 0 Å². The zero-order valence-electron chi connectivity index (χ0n) is 18.8. The molecule has 166 valence electrons. The monoisotopic (exact) mass is 451 g/mol. The minimum absolute atomic E-state index is 0.141. The van der Waals surface area contributed by atoms with Crippen LogP contribution in [0, 0.1) is 13.8 Å². The number of pyridine rings is 1. The number of ether oxygens (including phenoxy) is 1. The van der Waals surface area contributed by atoms with Crippen molar-refractivity contribution in [2.24, 2.45) is 4.99 Å². The Kier molecular flexibility index (Phi) is 6.30. The fourth-order valence-electron chi connectivity index (χ4n) is 3.67. The van der Waals surface area contributed by atoms with Crippen LogP contribution in [-0.4, -0.2) is 39.6 Å². The number of nitrogens with one attached hydrogen (secondary N) is 1. The molecule has 0 aliphatic carbocycles. The molecule has 2 unspecified atom stereocenters. The predicted molar refractivity (Wildman–Crippen MR) is 126 cm³/mol. The number of halogens is 1. The van der Waals surface area contributed by atoms with E-state index in [9.17, 15) is 0 Å². The SMILES string of the molecule is COc1nc(C2=NC(/C(C)=C/c3ccc(Cl)cc3C)C(C)ON2)ccc1-n1cnc(C)c1. The molecular formula is C24H26ClN5O2. The maximum absolute atomic E-state index is 6.10. The average Bonchev–Trinajstić information content (AvgIpc) is 3.21. The van der Waals surface area contributed by atoms with E-state index in [1.54, 1.807) is 13.4 Å². The van der Waals surface area contributed by atoms with E-state index in [1.807, 2.05) is 61.9 Å². The van der Waals surface area contributed by atoms with Gasteiger partial charge in [0.1, 0.15) is 23.5 Å². The van der Waals surface area contributed by atoms with Crippen LogP contribution in [0.4, 0.5) is 0 Å². The van der Waals surface area contributed by atoms with E-state index in [1.165, 1.54) is 0 Å². The number of aliphatic imine (C=N–C) groups is 1. The first-order valence-corrected chi connectivity index (χ1v) is 10.7. The molecule has 2 atom stereocenters. The summed E-state index contributed by atoms with van der Waals surface area (Å²) in [6.07, 6.45) is 5.64. The number of hydroxylamine groups is 1. The van der Waals surface area contributed by atoms with Crippen molar-refractivity contribution >= 4 is 23.5 Å². The summed E-state index contributed by atoms with van der Waals surface area (Å²) in [4.78, 5) is 19.6. The second-order valence-corrected chi connectivity index (χ2v) is 8.32. The Hall–Kier alpha value is -3.16. The molecule has 0 fully saturated rings. The fourth-order valence-corrected chi connectivity index (χ4v) is 3.90. The van der Waals surface area contributed by atoms with Crippen molar-refractivity contribution < 1.29 is 9.57 Å². The van der Waals surface area contributed by atoms with E-state index < -0.39 is 0 Å². The van der Waals surface area contributed by atoms with Gasteiger partial charge >= 0.3 is 0 Å². The molecule has 1 N–H and O–H groups in total. The van der Waals surface area contributed by atoms with Gasteiger partial charge in [0.05, 0.1) is 19.1 Å². The van der Waals surface area contributed by atoms with Gasteiger partial charge in [-0.15, -0.1) is 0 Å². The van der Waals surface area contributed by atoms with Gasteiger partial charge in [0, 0.05) is 11.2 Å². The summed E-state index contributed by atoms with van der Waals surface area (Å²) in [7, 11) is 1.60. The summed E-state index contributed by atoms with van der Waals surface area (Å²) in [6, 6.07) is 9.52. The molecule has 4 rings (SSSR count). The molecule has 0 bridgehead atoms. The van der Waals surface area contributed by atoms with Crippen LogP contribution in [0.5, 0.6) is 5.88 Å². The van der Waals surface area contributed by atoms with Gasteiger partial charge in [-0.3, -0.25) is 9.83 Å². The Balaban J connectivity index is 1.66. The summed E-state index contributed by atoms with van der Waals surface area (Å²) >= 11 is 6.10. The largest absolute Gasteiger partial charge is 0.479 e. The van der Waals surface area contributed by atoms with Crippen LogP contribution in [0.2, 0.25) is 5.02 Å². The second kappa shape index (κ2) is 9.14. The van der Waals surface area contributed by atoms with Gasteiger partial charge in [-0.05, 0) is 68.7 Å². The number of hydrogen-bond acceptors (Lipinski definition) is 6. The van der Waals surface area contributed by atoms with Crippen LogP contribution in [-0.2, 0) is 4.84 Å². The minimum Gasteiger partial charge on any atom is -0.479 e. The molecule has 8 heteroatoms. The molecule has 3 heterocycles. The van der Waals surface area contributed by atoms with Crippen LogP contribution in [0.3, 0.4) is 0 Å². The zero-order valence-corrected chi connectivity index (χ0v) is 19.5. The molecule has 0 amide bonds. The highest BCUT2D eigenvalue weighted by molar-refractivity contribution is 6.30. The molecule has 1 aromatic carbocycles. The lowest BCUT2D eigenvalue weighted by Gasteiger charge is -2.28. The summed E-state index contributed by atoms with van der Waals surface area (Å²) in [5.41, 5.74) is 8.58. The Bertz CT molecular complexity index is 1200. The molecule has 0 saturated heterocycles. The highest BCUT2D eigenvalue weighted by Crippen LogP contribution is 2.25. The lowest BCUT2D eigenvalue weighted by atomic mass is 9.99. The third kappa shape index (κ3) is 4.54. The van der Waals surface area contributed by atoms with Crippen molar-refractivity contribution in [1.29, 1.82) is 0 Å². The third-order valence-corrected chi connectivity index (χ3v) is 5.64. The third-order valence-electron chi connectivity index (χ3n) is 5.40. The molecule has 0 saturated carbocycles. The van der Waals surface area contributed by atoms with E-state index >= 15 is 0 Å². The maximum atomic E-state index is 6.10. The van der Waals surface area contributed by atoms with E-state index in [0.29, 0.717) is 17.4 Å². The van der Waals surface area contributed by atoms with Crippen molar-refractivity contribution in [1.82, 2.24) is 20.0 Å². The predicted octanol–water partition coefficient (Wildman–Crippen LogP) is 4.69. The second-order valence-electron chi connectivity index (χ2n) is 7.88. The van der Waals surface area contributed by atoms with Crippen LogP contribution in [0.15, 0.2) is 53.4 Å². The van der Waals surface area contributed by atoms with Gasteiger partial charge in [0.25, 0.3) is 0 Å². The zero-order chi connectivity index (χ0) is 22.8. The highest BCUT2D eigenvalue weighted by atomic mass is 35.5. The number of methoxy groups -OCH3 is 1. The number of benzene rings is 1. The van der Waals surface area contributed by atoms with Crippen LogP contribution in [0.1, 0.15) is 36.4 Å². The molecule has 32 heavy (non-hydrogen) atoms. The first kappa shape index (κ1) is 22.0. The number of rotatable bonds is 5. The van der Waals surface area contributed by atoms with Crippen molar-refractivity contribution in [3.05, 3.63) is 76.0 Å². The maximum Gasteiger partial charge on any atom is 0.238 e. The first-order valence-electron chi connectivity index (χ1n) is 10.4. The quantitative estimate of drug-likeness (QED) is 0.609. The molecule has 3 aromatic rings. The Labute approximate surface area is 192 Å². The summed E-state index contributed by atoms with van der Waals surface area (Å²) in [5.74, 6) is 1.03. The first-order chi connectivity index (χ1) is 15.4. The van der Waals surface area contributed by atoms with Gasteiger partial charge < -0.3 is 9.30 Å². The summed E-state index contributed by atoms with van der Waals surface area (Å²) in [5, 5.41) is 0.727. The number of aryl methyl sites for hydroxylation is 2. The molecule has 0 spiro atoms. The number of nitrogens with zero attached hydrogens (tertiary/aromatic N) is 4. The van der Waals surface area contributed by atoms with Crippen molar-refractivity contribution in [3.63, 3.8) is 0 Å². The number of aromatic nitrogens is 3. The molecule has 7 nitrogen and oxygen atoms in total. The number of hydrogen-bond donors (Lipinski definition) is 1. The lowest BCUT2D eigenvalue weighted by molar-refractivity contribution is 0.00284. The molecule has 0 radical (unpaired) electrons. The summed E-state index contributed by atoms with van der Waals surface area (Å²) in [6.45, 7) is 8.03. The van der Waals surface area contributed by atoms with Gasteiger partial charge in [-0.1, -0.05) is 23.7 Å². The Morgan fingerprint density at radius 1 is 1.25 bits per heavy atom. The van der Waals surface area contributed by atoms with E-state index in [4.69, 9.17) is 26.2 Å². The topological polar surface area (TPSA) is 73.6 Å². The van der Waals surface area contributed by atoms with E-state index in [2.05, 4.69) is 28.4 Å². The smallest absolute Gasteiger partial charge is 0.238 e.